The molecule has 2 nitrogen and oxygen atoms in total. The zero-order chi connectivity index (χ0) is 10.7. The molecule has 3 heteroatoms. The maximum atomic E-state index is 8.98. The number of pyridine rings is 1. The predicted molar refractivity (Wildman–Crippen MR) is 60.6 cm³/mol. The van der Waals surface area contributed by atoms with Crippen molar-refractivity contribution in [3.05, 3.63) is 53.2 Å². The maximum Gasteiger partial charge on any atom is 0.0702 e. The average Bonchev–Trinajstić information content (AvgIpc) is 2.30. The third kappa shape index (κ3) is 2.17. The summed E-state index contributed by atoms with van der Waals surface area (Å²) in [6, 6.07) is 11.2. The van der Waals surface area contributed by atoms with Crippen LogP contribution in [0.15, 0.2) is 42.6 Å². The summed E-state index contributed by atoms with van der Waals surface area (Å²) in [6.07, 6.45) is 1.74. The lowest BCUT2D eigenvalue weighted by molar-refractivity contribution is 0.282. The molecule has 0 aliphatic heterocycles. The van der Waals surface area contributed by atoms with Crippen molar-refractivity contribution in [2.45, 2.75) is 6.61 Å². The van der Waals surface area contributed by atoms with Gasteiger partial charge in [-0.3, -0.25) is 4.98 Å². The molecule has 2 aromatic rings. The van der Waals surface area contributed by atoms with E-state index in [-0.39, 0.29) is 6.61 Å². The Morgan fingerprint density at radius 2 is 2.07 bits per heavy atom. The second-order valence-corrected chi connectivity index (χ2v) is 3.59. The molecule has 76 valence electrons. The van der Waals surface area contributed by atoms with Crippen molar-refractivity contribution in [3.8, 4) is 11.3 Å². The Balaban J connectivity index is 2.43. The summed E-state index contributed by atoms with van der Waals surface area (Å²) < 4.78 is 0. The third-order valence-corrected chi connectivity index (χ3v) is 2.54. The van der Waals surface area contributed by atoms with E-state index in [1.807, 2.05) is 36.4 Å². The van der Waals surface area contributed by atoms with Crippen LogP contribution in [0, 0.1) is 0 Å². The quantitative estimate of drug-likeness (QED) is 0.843. The molecule has 1 heterocycles. The first-order valence-corrected chi connectivity index (χ1v) is 5.00. The molecule has 0 atom stereocenters. The molecule has 15 heavy (non-hydrogen) atoms. The summed E-state index contributed by atoms with van der Waals surface area (Å²) in [5.74, 6) is 0. The fourth-order valence-corrected chi connectivity index (χ4v) is 1.61. The SMILES string of the molecule is OCc1ccc(-c2ccccn2)cc1Cl. The highest BCUT2D eigenvalue weighted by Gasteiger charge is 2.02. The Bertz CT molecular complexity index is 456. The summed E-state index contributed by atoms with van der Waals surface area (Å²) >= 11 is 5.99. The molecule has 2 rings (SSSR count). The monoisotopic (exact) mass is 219 g/mol. The zero-order valence-electron chi connectivity index (χ0n) is 8.02. The highest BCUT2D eigenvalue weighted by Crippen LogP contribution is 2.24. The average molecular weight is 220 g/mol. The van der Waals surface area contributed by atoms with E-state index in [0.29, 0.717) is 5.02 Å². The van der Waals surface area contributed by atoms with Gasteiger partial charge in [-0.2, -0.15) is 0 Å². The molecule has 0 fully saturated rings. The molecule has 0 aliphatic rings. The number of aliphatic hydroxyl groups excluding tert-OH is 1. The van der Waals surface area contributed by atoms with Crippen LogP contribution in [0.1, 0.15) is 5.56 Å². The fourth-order valence-electron chi connectivity index (χ4n) is 1.37. The molecule has 0 spiro atoms. The van der Waals surface area contributed by atoms with Gasteiger partial charge in [0.15, 0.2) is 0 Å². The number of halogens is 1. The van der Waals surface area contributed by atoms with Gasteiger partial charge in [-0.05, 0) is 23.8 Å². The minimum Gasteiger partial charge on any atom is -0.392 e. The molecule has 0 unspecified atom stereocenters. The Morgan fingerprint density at radius 3 is 2.67 bits per heavy atom. The predicted octanol–water partition coefficient (Wildman–Crippen LogP) is 2.89. The Kier molecular flexibility index (Phi) is 2.99. The summed E-state index contributed by atoms with van der Waals surface area (Å²) in [4.78, 5) is 4.22. The van der Waals surface area contributed by atoms with Gasteiger partial charge in [0.05, 0.1) is 12.3 Å². The third-order valence-electron chi connectivity index (χ3n) is 2.18. The lowest BCUT2D eigenvalue weighted by Gasteiger charge is -2.04. The number of nitrogens with zero attached hydrogens (tertiary/aromatic N) is 1. The second-order valence-electron chi connectivity index (χ2n) is 3.18. The van der Waals surface area contributed by atoms with Crippen molar-refractivity contribution in [1.29, 1.82) is 0 Å². The van der Waals surface area contributed by atoms with Crippen LogP contribution in [0.3, 0.4) is 0 Å². The molecule has 0 aliphatic carbocycles. The van der Waals surface area contributed by atoms with Gasteiger partial charge >= 0.3 is 0 Å². The van der Waals surface area contributed by atoms with Crippen LogP contribution < -0.4 is 0 Å². The number of aromatic nitrogens is 1. The van der Waals surface area contributed by atoms with E-state index in [9.17, 15) is 0 Å². The minimum absolute atomic E-state index is 0.0403. The Hall–Kier alpha value is -1.38. The van der Waals surface area contributed by atoms with Crippen LogP contribution in [0.5, 0.6) is 0 Å². The molecule has 0 saturated heterocycles. The van der Waals surface area contributed by atoms with Crippen molar-refractivity contribution >= 4 is 11.6 Å². The number of aliphatic hydroxyl groups is 1. The van der Waals surface area contributed by atoms with Gasteiger partial charge in [-0.1, -0.05) is 29.8 Å². The summed E-state index contributed by atoms with van der Waals surface area (Å²) in [5.41, 5.74) is 2.57. The van der Waals surface area contributed by atoms with E-state index < -0.39 is 0 Å². The molecular weight excluding hydrogens is 210 g/mol. The van der Waals surface area contributed by atoms with Crippen LogP contribution in [0.25, 0.3) is 11.3 Å². The van der Waals surface area contributed by atoms with Gasteiger partial charge in [0.1, 0.15) is 0 Å². The van der Waals surface area contributed by atoms with Gasteiger partial charge in [-0.15, -0.1) is 0 Å². The van der Waals surface area contributed by atoms with E-state index in [1.54, 1.807) is 6.20 Å². The summed E-state index contributed by atoms with van der Waals surface area (Å²) in [5, 5.41) is 9.55. The Morgan fingerprint density at radius 1 is 1.20 bits per heavy atom. The minimum atomic E-state index is -0.0403. The number of hydrogen-bond donors (Lipinski definition) is 1. The second kappa shape index (κ2) is 4.43. The van der Waals surface area contributed by atoms with Crippen molar-refractivity contribution < 1.29 is 5.11 Å². The van der Waals surface area contributed by atoms with E-state index in [2.05, 4.69) is 4.98 Å². The molecular formula is C12H10ClNO. The van der Waals surface area contributed by atoms with Crippen molar-refractivity contribution in [3.63, 3.8) is 0 Å². The van der Waals surface area contributed by atoms with Crippen LogP contribution in [0.4, 0.5) is 0 Å². The molecule has 0 radical (unpaired) electrons. The van der Waals surface area contributed by atoms with E-state index in [4.69, 9.17) is 16.7 Å². The standard InChI is InChI=1S/C12H10ClNO/c13-11-7-9(4-5-10(11)8-15)12-3-1-2-6-14-12/h1-7,15H,8H2. The smallest absolute Gasteiger partial charge is 0.0702 e. The molecule has 0 saturated carbocycles. The number of hydrogen-bond acceptors (Lipinski definition) is 2. The van der Waals surface area contributed by atoms with E-state index in [0.717, 1.165) is 16.8 Å². The van der Waals surface area contributed by atoms with Crippen LogP contribution in [-0.4, -0.2) is 10.1 Å². The van der Waals surface area contributed by atoms with Crippen LogP contribution in [-0.2, 0) is 6.61 Å². The first-order valence-electron chi connectivity index (χ1n) is 4.62. The van der Waals surface area contributed by atoms with Crippen LogP contribution in [0.2, 0.25) is 5.02 Å². The maximum absolute atomic E-state index is 8.98. The lowest BCUT2D eigenvalue weighted by Crippen LogP contribution is -1.87. The molecule has 1 N–H and O–H groups in total. The number of rotatable bonds is 2. The topological polar surface area (TPSA) is 33.1 Å². The summed E-state index contributed by atoms with van der Waals surface area (Å²) in [7, 11) is 0. The summed E-state index contributed by atoms with van der Waals surface area (Å²) in [6.45, 7) is -0.0403. The van der Waals surface area contributed by atoms with E-state index >= 15 is 0 Å². The fraction of sp³-hybridized carbons (Fsp3) is 0.0833. The van der Waals surface area contributed by atoms with Crippen molar-refractivity contribution in [2.24, 2.45) is 0 Å². The molecule has 0 amide bonds. The van der Waals surface area contributed by atoms with Gasteiger partial charge < -0.3 is 5.11 Å². The van der Waals surface area contributed by atoms with Gasteiger partial charge in [0, 0.05) is 16.8 Å². The highest BCUT2D eigenvalue weighted by molar-refractivity contribution is 6.31. The normalized spacial score (nSPS) is 10.3. The molecule has 0 bridgehead atoms. The Labute approximate surface area is 93.2 Å². The largest absolute Gasteiger partial charge is 0.392 e. The van der Waals surface area contributed by atoms with Gasteiger partial charge in [-0.25, -0.2) is 0 Å². The molecule has 1 aromatic carbocycles. The van der Waals surface area contributed by atoms with Gasteiger partial charge in [0.2, 0.25) is 0 Å². The van der Waals surface area contributed by atoms with Crippen molar-refractivity contribution in [1.82, 2.24) is 4.98 Å². The van der Waals surface area contributed by atoms with E-state index in [1.165, 1.54) is 0 Å². The van der Waals surface area contributed by atoms with Crippen LogP contribution >= 0.6 is 11.6 Å². The zero-order valence-corrected chi connectivity index (χ0v) is 8.78. The molecule has 1 aromatic heterocycles. The lowest BCUT2D eigenvalue weighted by atomic mass is 10.1. The number of benzene rings is 1. The highest BCUT2D eigenvalue weighted by atomic mass is 35.5. The first kappa shape index (κ1) is 10.1. The van der Waals surface area contributed by atoms with Crippen molar-refractivity contribution in [2.75, 3.05) is 0 Å². The first-order chi connectivity index (χ1) is 7.31. The van der Waals surface area contributed by atoms with Gasteiger partial charge in [0.25, 0.3) is 0 Å².